The number of nitrogens with zero attached hydrogens (tertiary/aromatic N) is 7. The molecule has 0 saturated heterocycles. The van der Waals surface area contributed by atoms with Gasteiger partial charge in [0.2, 0.25) is 0 Å². The number of fused-ring (bicyclic) bond motifs is 2. The molecule has 9 heteroatoms. The van der Waals surface area contributed by atoms with Gasteiger partial charge in [0.25, 0.3) is 0 Å². The van der Waals surface area contributed by atoms with Crippen LogP contribution >= 0.6 is 11.6 Å². The van der Waals surface area contributed by atoms with Gasteiger partial charge in [-0.25, -0.2) is 4.52 Å². The van der Waals surface area contributed by atoms with Crippen molar-refractivity contribution < 1.29 is 4.74 Å². The highest BCUT2D eigenvalue weighted by molar-refractivity contribution is 6.34. The minimum Gasteiger partial charge on any atom is -0.484 e. The van der Waals surface area contributed by atoms with Gasteiger partial charge in [-0.15, -0.1) is 0 Å². The second-order valence-electron chi connectivity index (χ2n) is 8.35. The maximum Gasteiger partial charge on any atom is 0.179 e. The molecule has 0 amide bonds. The van der Waals surface area contributed by atoms with E-state index in [0.29, 0.717) is 30.4 Å². The fraction of sp³-hybridized carbons (Fsp3) is 0.333. The van der Waals surface area contributed by atoms with E-state index in [1.807, 2.05) is 49.1 Å². The number of hydrogen-bond donors (Lipinski definition) is 0. The van der Waals surface area contributed by atoms with E-state index in [-0.39, 0.29) is 6.10 Å². The van der Waals surface area contributed by atoms with E-state index in [0.717, 1.165) is 45.7 Å². The van der Waals surface area contributed by atoms with Crippen LogP contribution in [-0.2, 0) is 13.0 Å². The standard InChI is InChI=1S/C24H24ClN7O/c1-15-4-5-18(11-27-15)17(3)33-22-10-19(13-32-24(22)20(25)12-28-32)23-16(2)21-6-7-30(14-26)8-9-31(21)29-23/h4-5,10-13,17H,6-9H2,1-3H3. The van der Waals surface area contributed by atoms with Crippen molar-refractivity contribution in [2.45, 2.75) is 39.8 Å². The molecule has 4 aromatic heterocycles. The van der Waals surface area contributed by atoms with Crippen molar-refractivity contribution in [3.8, 4) is 23.2 Å². The summed E-state index contributed by atoms with van der Waals surface area (Å²) in [5, 5.41) is 19.1. The number of pyridine rings is 2. The molecule has 0 bridgehead atoms. The first kappa shape index (κ1) is 21.3. The summed E-state index contributed by atoms with van der Waals surface area (Å²) in [6.45, 7) is 8.07. The van der Waals surface area contributed by atoms with Crippen molar-refractivity contribution >= 4 is 17.1 Å². The Morgan fingerprint density at radius 1 is 1.18 bits per heavy atom. The Hall–Kier alpha value is -3.57. The Morgan fingerprint density at radius 3 is 2.79 bits per heavy atom. The second-order valence-corrected chi connectivity index (χ2v) is 8.76. The fourth-order valence-electron chi connectivity index (χ4n) is 4.28. The maximum atomic E-state index is 9.24. The summed E-state index contributed by atoms with van der Waals surface area (Å²) in [6, 6.07) is 5.98. The van der Waals surface area contributed by atoms with Gasteiger partial charge in [0, 0.05) is 54.4 Å². The van der Waals surface area contributed by atoms with E-state index in [9.17, 15) is 5.26 Å². The SMILES string of the molecule is Cc1ccc(C(C)Oc2cc(-c3nn4c(c3C)CCN(C#N)CC4)cn3ncc(Cl)c23)cn1. The van der Waals surface area contributed by atoms with Crippen LogP contribution in [0.15, 0.2) is 36.8 Å². The highest BCUT2D eigenvalue weighted by Crippen LogP contribution is 2.36. The lowest BCUT2D eigenvalue weighted by Gasteiger charge is -2.17. The summed E-state index contributed by atoms with van der Waals surface area (Å²) >= 11 is 6.46. The van der Waals surface area contributed by atoms with Crippen LogP contribution in [0.3, 0.4) is 0 Å². The molecule has 1 aliphatic heterocycles. The molecule has 0 radical (unpaired) electrons. The third kappa shape index (κ3) is 3.89. The zero-order valence-electron chi connectivity index (χ0n) is 18.8. The lowest BCUT2D eigenvalue weighted by molar-refractivity contribution is 0.228. The maximum absolute atomic E-state index is 9.24. The number of ether oxygens (including phenoxy) is 1. The highest BCUT2D eigenvalue weighted by atomic mass is 35.5. The van der Waals surface area contributed by atoms with Crippen LogP contribution in [0.25, 0.3) is 16.8 Å². The van der Waals surface area contributed by atoms with Crippen LogP contribution in [0, 0.1) is 25.3 Å². The molecule has 168 valence electrons. The monoisotopic (exact) mass is 461 g/mol. The number of hydrogen-bond acceptors (Lipinski definition) is 6. The van der Waals surface area contributed by atoms with Gasteiger partial charge in [-0.05, 0) is 38.5 Å². The van der Waals surface area contributed by atoms with E-state index in [4.69, 9.17) is 21.4 Å². The van der Waals surface area contributed by atoms with Gasteiger partial charge >= 0.3 is 0 Å². The highest BCUT2D eigenvalue weighted by Gasteiger charge is 2.22. The van der Waals surface area contributed by atoms with Crippen molar-refractivity contribution in [1.82, 2.24) is 29.3 Å². The first-order valence-corrected chi connectivity index (χ1v) is 11.3. The van der Waals surface area contributed by atoms with Crippen molar-refractivity contribution in [3.05, 3.63) is 64.3 Å². The normalized spacial score (nSPS) is 14.6. The quantitative estimate of drug-likeness (QED) is 0.420. The topological polar surface area (TPSA) is 84.3 Å². The van der Waals surface area contributed by atoms with Crippen molar-refractivity contribution in [2.75, 3.05) is 13.1 Å². The first-order valence-electron chi connectivity index (χ1n) is 10.9. The molecule has 1 aliphatic rings. The largest absolute Gasteiger partial charge is 0.484 e. The fourth-order valence-corrected chi connectivity index (χ4v) is 4.50. The van der Waals surface area contributed by atoms with Crippen LogP contribution in [-0.4, -0.2) is 42.4 Å². The molecule has 4 aromatic rings. The molecule has 0 N–H and O–H groups in total. The summed E-state index contributed by atoms with van der Waals surface area (Å²) in [4.78, 5) is 6.16. The van der Waals surface area contributed by atoms with E-state index in [1.54, 1.807) is 15.6 Å². The molecule has 5 heterocycles. The Bertz CT molecular complexity index is 1370. The molecule has 8 nitrogen and oxygen atoms in total. The van der Waals surface area contributed by atoms with Gasteiger partial charge in [-0.3, -0.25) is 9.67 Å². The van der Waals surface area contributed by atoms with Crippen molar-refractivity contribution in [3.63, 3.8) is 0 Å². The Labute approximate surface area is 197 Å². The lowest BCUT2D eigenvalue weighted by atomic mass is 10.1. The van der Waals surface area contributed by atoms with Crippen LogP contribution < -0.4 is 4.74 Å². The molecule has 1 unspecified atom stereocenters. The van der Waals surface area contributed by atoms with E-state index >= 15 is 0 Å². The number of aromatic nitrogens is 5. The molecule has 0 aliphatic carbocycles. The molecular weight excluding hydrogens is 438 g/mol. The van der Waals surface area contributed by atoms with Crippen LogP contribution in [0.1, 0.15) is 35.5 Å². The minimum atomic E-state index is -0.222. The lowest BCUT2D eigenvalue weighted by Crippen LogP contribution is -2.21. The van der Waals surface area contributed by atoms with Gasteiger partial charge in [0.1, 0.15) is 17.4 Å². The van der Waals surface area contributed by atoms with Crippen molar-refractivity contribution in [2.24, 2.45) is 0 Å². The summed E-state index contributed by atoms with van der Waals surface area (Å²) in [5.41, 5.74) is 6.71. The summed E-state index contributed by atoms with van der Waals surface area (Å²) < 4.78 is 10.1. The van der Waals surface area contributed by atoms with E-state index in [2.05, 4.69) is 23.2 Å². The third-order valence-electron chi connectivity index (χ3n) is 6.18. The van der Waals surface area contributed by atoms with Gasteiger partial charge < -0.3 is 9.64 Å². The number of halogens is 1. The zero-order valence-corrected chi connectivity index (χ0v) is 19.5. The van der Waals surface area contributed by atoms with Crippen LogP contribution in [0.4, 0.5) is 0 Å². The zero-order chi connectivity index (χ0) is 23.1. The summed E-state index contributed by atoms with van der Waals surface area (Å²) in [7, 11) is 0. The number of rotatable bonds is 4. The molecular formula is C24H24ClN7O. The van der Waals surface area contributed by atoms with Gasteiger partial charge in [0.05, 0.1) is 23.5 Å². The minimum absolute atomic E-state index is 0.222. The second kappa shape index (κ2) is 8.41. The Balaban J connectivity index is 1.55. The van der Waals surface area contributed by atoms with E-state index < -0.39 is 0 Å². The molecule has 0 spiro atoms. The molecule has 0 fully saturated rings. The van der Waals surface area contributed by atoms with Gasteiger partial charge in [-0.2, -0.15) is 15.5 Å². The molecule has 1 atom stereocenters. The van der Waals surface area contributed by atoms with Crippen molar-refractivity contribution in [1.29, 1.82) is 5.26 Å². The van der Waals surface area contributed by atoms with Crippen LogP contribution in [0.2, 0.25) is 5.02 Å². The van der Waals surface area contributed by atoms with Gasteiger partial charge in [-0.1, -0.05) is 17.7 Å². The predicted molar refractivity (Wildman–Crippen MR) is 125 cm³/mol. The number of nitriles is 1. The Morgan fingerprint density at radius 2 is 2.03 bits per heavy atom. The average Bonchev–Trinajstić information content (AvgIpc) is 3.25. The summed E-state index contributed by atoms with van der Waals surface area (Å²) in [5.74, 6) is 0.640. The Kier molecular flexibility index (Phi) is 5.43. The summed E-state index contributed by atoms with van der Waals surface area (Å²) in [6.07, 6.45) is 8.19. The molecule has 5 rings (SSSR count). The number of aryl methyl sites for hydroxylation is 1. The molecule has 0 saturated carbocycles. The molecule has 0 aromatic carbocycles. The average molecular weight is 462 g/mol. The first-order chi connectivity index (χ1) is 15.9. The van der Waals surface area contributed by atoms with Gasteiger partial charge in [0.15, 0.2) is 6.19 Å². The molecule has 33 heavy (non-hydrogen) atoms. The van der Waals surface area contributed by atoms with Crippen LogP contribution in [0.5, 0.6) is 5.75 Å². The van der Waals surface area contributed by atoms with E-state index in [1.165, 1.54) is 0 Å². The third-order valence-corrected chi connectivity index (χ3v) is 6.45. The predicted octanol–water partition coefficient (Wildman–Crippen LogP) is 4.34. The smallest absolute Gasteiger partial charge is 0.179 e.